The van der Waals surface area contributed by atoms with Crippen molar-refractivity contribution in [3.05, 3.63) is 47.0 Å². The number of aryl methyl sites for hydroxylation is 1. The Hall–Kier alpha value is -1.72. The molecular formula is C18H24N4O. The first-order chi connectivity index (χ1) is 11.3. The molecule has 5 heteroatoms. The molecule has 1 atom stereocenters. The van der Waals surface area contributed by atoms with Crippen LogP contribution in [-0.2, 0) is 24.2 Å². The molecule has 2 aliphatic rings. The van der Waals surface area contributed by atoms with Crippen LogP contribution in [0, 0.1) is 6.92 Å². The van der Waals surface area contributed by atoms with E-state index in [2.05, 4.69) is 50.9 Å². The Bertz CT molecular complexity index is 675. The van der Waals surface area contributed by atoms with Crippen LogP contribution < -0.4 is 0 Å². The number of hydrogen-bond donors (Lipinski definition) is 0. The highest BCUT2D eigenvalue weighted by molar-refractivity contribution is 5.22. The average Bonchev–Trinajstić information content (AvgIpc) is 3.16. The molecular weight excluding hydrogens is 288 g/mol. The highest BCUT2D eigenvalue weighted by atomic mass is 16.5. The second-order valence-corrected chi connectivity index (χ2v) is 6.64. The van der Waals surface area contributed by atoms with Gasteiger partial charge in [0.2, 0.25) is 0 Å². The van der Waals surface area contributed by atoms with Gasteiger partial charge in [-0.25, -0.2) is 0 Å². The lowest BCUT2D eigenvalue weighted by atomic mass is 10.1. The van der Waals surface area contributed by atoms with Gasteiger partial charge in [0.15, 0.2) is 5.82 Å². The third-order valence-electron chi connectivity index (χ3n) is 4.85. The summed E-state index contributed by atoms with van der Waals surface area (Å²) < 4.78 is 8.10. The summed E-state index contributed by atoms with van der Waals surface area (Å²) in [5, 5.41) is 8.83. The Morgan fingerprint density at radius 2 is 2.17 bits per heavy atom. The van der Waals surface area contributed by atoms with Crippen molar-refractivity contribution in [2.75, 3.05) is 19.7 Å². The van der Waals surface area contributed by atoms with Crippen molar-refractivity contribution in [3.63, 3.8) is 0 Å². The highest BCUT2D eigenvalue weighted by Crippen LogP contribution is 2.28. The Morgan fingerprint density at radius 3 is 3.00 bits per heavy atom. The summed E-state index contributed by atoms with van der Waals surface area (Å²) in [5.74, 6) is 2.15. The van der Waals surface area contributed by atoms with Crippen LogP contribution in [0.2, 0.25) is 0 Å². The molecule has 2 aromatic rings. The highest BCUT2D eigenvalue weighted by Gasteiger charge is 2.26. The van der Waals surface area contributed by atoms with Gasteiger partial charge in [0.25, 0.3) is 0 Å². The predicted molar refractivity (Wildman–Crippen MR) is 88.1 cm³/mol. The molecule has 0 saturated carbocycles. The van der Waals surface area contributed by atoms with Crippen LogP contribution in [0.1, 0.15) is 41.7 Å². The number of benzene rings is 1. The van der Waals surface area contributed by atoms with E-state index in [1.54, 1.807) is 0 Å². The van der Waals surface area contributed by atoms with Crippen molar-refractivity contribution >= 4 is 0 Å². The van der Waals surface area contributed by atoms with Gasteiger partial charge >= 0.3 is 0 Å². The van der Waals surface area contributed by atoms with Crippen molar-refractivity contribution < 1.29 is 4.74 Å². The number of aromatic nitrogens is 3. The summed E-state index contributed by atoms with van der Waals surface area (Å²) in [6.45, 7) is 7.06. The fraction of sp³-hybridized carbons (Fsp3) is 0.556. The van der Waals surface area contributed by atoms with E-state index in [0.717, 1.165) is 63.7 Å². The van der Waals surface area contributed by atoms with Crippen molar-refractivity contribution in [1.82, 2.24) is 19.7 Å². The van der Waals surface area contributed by atoms with E-state index in [-0.39, 0.29) is 6.10 Å². The predicted octanol–water partition coefficient (Wildman–Crippen LogP) is 2.50. The smallest absolute Gasteiger partial charge is 0.162 e. The maximum atomic E-state index is 5.80. The lowest BCUT2D eigenvalue weighted by Gasteiger charge is -2.20. The first kappa shape index (κ1) is 14.8. The minimum absolute atomic E-state index is 0.152. The minimum Gasteiger partial charge on any atom is -0.370 e. The topological polar surface area (TPSA) is 43.2 Å². The number of hydrogen-bond acceptors (Lipinski definition) is 4. The molecule has 5 nitrogen and oxygen atoms in total. The van der Waals surface area contributed by atoms with Crippen LogP contribution in [0.3, 0.4) is 0 Å². The van der Waals surface area contributed by atoms with Crippen molar-refractivity contribution in [2.45, 2.75) is 45.4 Å². The van der Waals surface area contributed by atoms with E-state index >= 15 is 0 Å². The third-order valence-corrected chi connectivity index (χ3v) is 4.85. The van der Waals surface area contributed by atoms with Gasteiger partial charge in [-0.3, -0.25) is 4.90 Å². The monoisotopic (exact) mass is 312 g/mol. The SMILES string of the molecule is Cc1cccc(CN2CCc3nnc(C4CCCO4)n3CC2)c1. The van der Waals surface area contributed by atoms with Crippen LogP contribution >= 0.6 is 0 Å². The van der Waals surface area contributed by atoms with Gasteiger partial charge in [-0.1, -0.05) is 29.8 Å². The maximum absolute atomic E-state index is 5.80. The molecule has 0 spiro atoms. The Labute approximate surface area is 137 Å². The van der Waals surface area contributed by atoms with E-state index in [9.17, 15) is 0 Å². The van der Waals surface area contributed by atoms with Crippen molar-refractivity contribution in [3.8, 4) is 0 Å². The van der Waals surface area contributed by atoms with Gasteiger partial charge in [-0.2, -0.15) is 0 Å². The zero-order valence-electron chi connectivity index (χ0n) is 13.7. The number of nitrogens with zero attached hydrogens (tertiary/aromatic N) is 4. The Morgan fingerprint density at radius 1 is 1.22 bits per heavy atom. The number of ether oxygens (including phenoxy) is 1. The average molecular weight is 312 g/mol. The molecule has 1 unspecified atom stereocenters. The molecule has 1 aromatic heterocycles. The summed E-state index contributed by atoms with van der Waals surface area (Å²) in [6, 6.07) is 8.80. The first-order valence-electron chi connectivity index (χ1n) is 8.61. The fourth-order valence-electron chi connectivity index (χ4n) is 3.64. The van der Waals surface area contributed by atoms with Gasteiger partial charge in [-0.05, 0) is 25.3 Å². The maximum Gasteiger partial charge on any atom is 0.162 e. The molecule has 0 bridgehead atoms. The largest absolute Gasteiger partial charge is 0.370 e. The van der Waals surface area contributed by atoms with Crippen LogP contribution in [0.5, 0.6) is 0 Å². The third kappa shape index (κ3) is 3.16. The second kappa shape index (κ2) is 6.42. The molecule has 3 heterocycles. The quantitative estimate of drug-likeness (QED) is 0.873. The molecule has 1 saturated heterocycles. The summed E-state index contributed by atoms with van der Waals surface area (Å²) in [5.41, 5.74) is 2.72. The molecule has 1 aromatic carbocycles. The molecule has 0 aliphatic carbocycles. The first-order valence-corrected chi connectivity index (χ1v) is 8.61. The summed E-state index contributed by atoms with van der Waals surface area (Å²) in [6.07, 6.45) is 3.32. The van der Waals surface area contributed by atoms with Crippen LogP contribution in [-0.4, -0.2) is 39.4 Å². The fourth-order valence-corrected chi connectivity index (χ4v) is 3.64. The van der Waals surface area contributed by atoms with Gasteiger partial charge in [0, 0.05) is 39.2 Å². The zero-order chi connectivity index (χ0) is 15.6. The summed E-state index contributed by atoms with van der Waals surface area (Å²) in [7, 11) is 0. The lowest BCUT2D eigenvalue weighted by Crippen LogP contribution is -2.27. The second-order valence-electron chi connectivity index (χ2n) is 6.64. The molecule has 0 amide bonds. The van der Waals surface area contributed by atoms with E-state index in [1.807, 2.05) is 0 Å². The van der Waals surface area contributed by atoms with Crippen LogP contribution in [0.25, 0.3) is 0 Å². The molecule has 122 valence electrons. The number of rotatable bonds is 3. The summed E-state index contributed by atoms with van der Waals surface area (Å²) in [4.78, 5) is 2.52. The normalized spacial score (nSPS) is 22.0. The molecule has 2 aliphatic heterocycles. The minimum atomic E-state index is 0.152. The Balaban J connectivity index is 1.46. The van der Waals surface area contributed by atoms with Gasteiger partial charge in [0.1, 0.15) is 11.9 Å². The van der Waals surface area contributed by atoms with Gasteiger partial charge in [-0.15, -0.1) is 10.2 Å². The van der Waals surface area contributed by atoms with Gasteiger partial charge < -0.3 is 9.30 Å². The van der Waals surface area contributed by atoms with Crippen LogP contribution in [0.15, 0.2) is 24.3 Å². The molecule has 4 rings (SSSR count). The van der Waals surface area contributed by atoms with E-state index in [1.165, 1.54) is 11.1 Å². The Kier molecular flexibility index (Phi) is 4.14. The molecule has 23 heavy (non-hydrogen) atoms. The standard InChI is InChI=1S/C18H24N4O/c1-14-4-2-5-15(12-14)13-21-8-7-17-19-20-18(22(17)10-9-21)16-6-3-11-23-16/h2,4-5,12,16H,3,6-11,13H2,1H3. The number of fused-ring (bicyclic) bond motifs is 1. The van der Waals surface area contributed by atoms with Crippen molar-refractivity contribution in [2.24, 2.45) is 0 Å². The van der Waals surface area contributed by atoms with Crippen molar-refractivity contribution in [1.29, 1.82) is 0 Å². The molecule has 0 N–H and O–H groups in total. The lowest BCUT2D eigenvalue weighted by molar-refractivity contribution is 0.101. The summed E-state index contributed by atoms with van der Waals surface area (Å²) >= 11 is 0. The zero-order valence-corrected chi connectivity index (χ0v) is 13.7. The molecule has 0 radical (unpaired) electrons. The molecule has 1 fully saturated rings. The van der Waals surface area contributed by atoms with Crippen LogP contribution in [0.4, 0.5) is 0 Å². The van der Waals surface area contributed by atoms with E-state index in [0.29, 0.717) is 0 Å². The van der Waals surface area contributed by atoms with E-state index in [4.69, 9.17) is 4.74 Å². The van der Waals surface area contributed by atoms with E-state index < -0.39 is 0 Å². The van der Waals surface area contributed by atoms with Gasteiger partial charge in [0.05, 0.1) is 0 Å².